The third-order valence-electron chi connectivity index (χ3n) is 2.23. The third kappa shape index (κ3) is 8.14. The van der Waals surface area contributed by atoms with Crippen LogP contribution in [0.2, 0.25) is 0 Å². The number of carboxylic acids is 1. The van der Waals surface area contributed by atoms with Gasteiger partial charge in [-0.05, 0) is 6.42 Å². The maximum atomic E-state index is 11.7. The highest BCUT2D eigenvalue weighted by molar-refractivity contribution is 7.91. The van der Waals surface area contributed by atoms with Crippen molar-refractivity contribution in [3.63, 3.8) is 0 Å². The normalized spacial score (nSPS) is 12.5. The zero-order chi connectivity index (χ0) is 15.1. The van der Waals surface area contributed by atoms with Crippen molar-refractivity contribution in [1.29, 1.82) is 0 Å². The highest BCUT2D eigenvalue weighted by Gasteiger charge is 2.25. The van der Waals surface area contributed by atoms with Crippen LogP contribution in [0.5, 0.6) is 0 Å². The summed E-state index contributed by atoms with van der Waals surface area (Å²) >= 11 is 0. The van der Waals surface area contributed by atoms with Crippen molar-refractivity contribution in [1.82, 2.24) is 10.6 Å². The summed E-state index contributed by atoms with van der Waals surface area (Å²) in [5.41, 5.74) is 0. The maximum absolute atomic E-state index is 11.7. The van der Waals surface area contributed by atoms with Crippen LogP contribution in [0.25, 0.3) is 0 Å². The van der Waals surface area contributed by atoms with E-state index in [1.165, 1.54) is 7.05 Å². The lowest BCUT2D eigenvalue weighted by Crippen LogP contribution is -2.44. The van der Waals surface area contributed by atoms with Crippen molar-refractivity contribution in [3.8, 4) is 0 Å². The van der Waals surface area contributed by atoms with E-state index in [-0.39, 0.29) is 24.5 Å². The van der Waals surface area contributed by atoms with Gasteiger partial charge in [-0.2, -0.15) is 0 Å². The summed E-state index contributed by atoms with van der Waals surface area (Å²) in [6.07, 6.45) is 0.155. The molecule has 1 unspecified atom stereocenters. The van der Waals surface area contributed by atoms with Crippen LogP contribution in [0, 0.1) is 0 Å². The Morgan fingerprint density at radius 1 is 1.26 bits per heavy atom. The van der Waals surface area contributed by atoms with Gasteiger partial charge in [-0.1, -0.05) is 0 Å². The van der Waals surface area contributed by atoms with Crippen LogP contribution < -0.4 is 10.6 Å². The van der Waals surface area contributed by atoms with Gasteiger partial charge in [-0.15, -0.1) is 0 Å². The standard InChI is InChI=1S/C10H18N2O6S/c1-7(13)12-8(10(15)16)6-19(17,18)5-3-4-9(14)11-2/h8H,3-6H2,1-2H3,(H,11,14)(H,12,13)(H,15,16). The molecular formula is C10H18N2O6S. The van der Waals surface area contributed by atoms with Gasteiger partial charge in [-0.3, -0.25) is 9.59 Å². The average Bonchev–Trinajstić information content (AvgIpc) is 2.26. The molecule has 0 fully saturated rings. The number of amides is 2. The van der Waals surface area contributed by atoms with Gasteiger partial charge >= 0.3 is 5.97 Å². The van der Waals surface area contributed by atoms with Crippen LogP contribution in [0.4, 0.5) is 0 Å². The van der Waals surface area contributed by atoms with E-state index in [0.717, 1.165) is 6.92 Å². The predicted molar refractivity (Wildman–Crippen MR) is 67.2 cm³/mol. The van der Waals surface area contributed by atoms with Gasteiger partial charge in [0.15, 0.2) is 9.84 Å². The topological polar surface area (TPSA) is 130 Å². The number of carbonyl (C=O) groups excluding carboxylic acids is 2. The first kappa shape index (κ1) is 17.4. The molecule has 0 saturated carbocycles. The minimum atomic E-state index is -3.65. The van der Waals surface area contributed by atoms with Crippen LogP contribution in [-0.4, -0.2) is 55.9 Å². The molecule has 9 heteroatoms. The van der Waals surface area contributed by atoms with Crippen molar-refractivity contribution in [2.24, 2.45) is 0 Å². The fourth-order valence-electron chi connectivity index (χ4n) is 1.33. The first-order chi connectivity index (χ1) is 8.68. The molecular weight excluding hydrogens is 276 g/mol. The summed E-state index contributed by atoms with van der Waals surface area (Å²) in [4.78, 5) is 32.5. The molecule has 0 spiro atoms. The van der Waals surface area contributed by atoms with E-state index >= 15 is 0 Å². The summed E-state index contributed by atoms with van der Waals surface area (Å²) < 4.78 is 23.3. The highest BCUT2D eigenvalue weighted by atomic mass is 32.2. The predicted octanol–water partition coefficient (Wildman–Crippen LogP) is -1.48. The molecule has 19 heavy (non-hydrogen) atoms. The van der Waals surface area contributed by atoms with Gasteiger partial charge < -0.3 is 15.7 Å². The largest absolute Gasteiger partial charge is 0.480 e. The lowest BCUT2D eigenvalue weighted by atomic mass is 10.3. The minimum Gasteiger partial charge on any atom is -0.480 e. The Morgan fingerprint density at radius 3 is 2.26 bits per heavy atom. The molecule has 0 aliphatic carbocycles. The summed E-state index contributed by atoms with van der Waals surface area (Å²) in [5, 5.41) is 13.2. The molecule has 0 aliphatic rings. The molecule has 8 nitrogen and oxygen atoms in total. The average molecular weight is 294 g/mol. The fraction of sp³-hybridized carbons (Fsp3) is 0.700. The van der Waals surface area contributed by atoms with Gasteiger partial charge in [-0.25, -0.2) is 13.2 Å². The Morgan fingerprint density at radius 2 is 1.84 bits per heavy atom. The van der Waals surface area contributed by atoms with E-state index in [1.54, 1.807) is 0 Å². The van der Waals surface area contributed by atoms with Crippen LogP contribution in [-0.2, 0) is 24.2 Å². The Kier molecular flexibility index (Phi) is 7.05. The number of nitrogens with one attached hydrogen (secondary N) is 2. The summed E-state index contributed by atoms with van der Waals surface area (Å²) in [6.45, 7) is 1.11. The number of hydrogen-bond donors (Lipinski definition) is 3. The van der Waals surface area contributed by atoms with Crippen LogP contribution in [0.1, 0.15) is 19.8 Å². The maximum Gasteiger partial charge on any atom is 0.327 e. The lowest BCUT2D eigenvalue weighted by molar-refractivity contribution is -0.140. The monoisotopic (exact) mass is 294 g/mol. The second-order valence-electron chi connectivity index (χ2n) is 3.98. The molecule has 0 rings (SSSR count). The smallest absolute Gasteiger partial charge is 0.327 e. The summed E-state index contributed by atoms with van der Waals surface area (Å²) in [5.74, 6) is -3.30. The first-order valence-electron chi connectivity index (χ1n) is 5.59. The lowest BCUT2D eigenvalue weighted by Gasteiger charge is -2.13. The van der Waals surface area contributed by atoms with Gasteiger partial charge in [0.25, 0.3) is 0 Å². The van der Waals surface area contributed by atoms with Crippen molar-refractivity contribution in [2.45, 2.75) is 25.8 Å². The summed E-state index contributed by atoms with van der Waals surface area (Å²) in [6, 6.07) is -1.47. The number of sulfone groups is 1. The zero-order valence-electron chi connectivity index (χ0n) is 10.8. The Labute approximate surface area is 111 Å². The molecule has 3 N–H and O–H groups in total. The summed E-state index contributed by atoms with van der Waals surface area (Å²) in [7, 11) is -2.21. The zero-order valence-corrected chi connectivity index (χ0v) is 11.6. The van der Waals surface area contributed by atoms with E-state index in [4.69, 9.17) is 5.11 Å². The highest BCUT2D eigenvalue weighted by Crippen LogP contribution is 2.01. The SMILES string of the molecule is CNC(=O)CCCS(=O)(=O)CC(NC(C)=O)C(=O)O. The molecule has 2 amide bonds. The fourth-order valence-corrected chi connectivity index (χ4v) is 2.82. The van der Waals surface area contributed by atoms with Gasteiger partial charge in [0.05, 0.1) is 11.5 Å². The molecule has 0 aromatic carbocycles. The number of carboxylic acid groups (broad SMARTS) is 1. The van der Waals surface area contributed by atoms with Gasteiger partial charge in [0.1, 0.15) is 6.04 Å². The van der Waals surface area contributed by atoms with Gasteiger partial charge in [0.2, 0.25) is 11.8 Å². The molecule has 0 radical (unpaired) electrons. The third-order valence-corrected chi connectivity index (χ3v) is 3.99. The molecule has 0 aromatic rings. The van der Waals surface area contributed by atoms with Crippen LogP contribution in [0.15, 0.2) is 0 Å². The first-order valence-corrected chi connectivity index (χ1v) is 7.41. The van der Waals surface area contributed by atoms with Crippen molar-refractivity contribution >= 4 is 27.6 Å². The number of rotatable bonds is 8. The Bertz CT molecular complexity index is 445. The van der Waals surface area contributed by atoms with E-state index in [9.17, 15) is 22.8 Å². The molecule has 0 bridgehead atoms. The van der Waals surface area contributed by atoms with E-state index in [2.05, 4.69) is 5.32 Å². The molecule has 0 aliphatic heterocycles. The minimum absolute atomic E-state index is 0.0492. The molecule has 0 saturated heterocycles. The van der Waals surface area contributed by atoms with Crippen LogP contribution in [0.3, 0.4) is 0 Å². The van der Waals surface area contributed by atoms with Crippen molar-refractivity contribution in [2.75, 3.05) is 18.6 Å². The van der Waals surface area contributed by atoms with Crippen molar-refractivity contribution < 1.29 is 27.9 Å². The van der Waals surface area contributed by atoms with E-state index < -0.39 is 33.5 Å². The quantitative estimate of drug-likeness (QED) is 0.500. The Balaban J connectivity index is 4.43. The number of carbonyl (C=O) groups is 3. The molecule has 1 atom stereocenters. The van der Waals surface area contributed by atoms with Crippen molar-refractivity contribution in [3.05, 3.63) is 0 Å². The number of hydrogen-bond acceptors (Lipinski definition) is 5. The second kappa shape index (κ2) is 7.72. The molecule has 0 heterocycles. The van der Waals surface area contributed by atoms with E-state index in [0.29, 0.717) is 0 Å². The molecule has 110 valence electrons. The van der Waals surface area contributed by atoms with Crippen LogP contribution >= 0.6 is 0 Å². The van der Waals surface area contributed by atoms with E-state index in [1.807, 2.05) is 5.32 Å². The Hall–Kier alpha value is -1.64. The molecule has 0 aromatic heterocycles. The second-order valence-corrected chi connectivity index (χ2v) is 6.21. The van der Waals surface area contributed by atoms with Gasteiger partial charge in [0, 0.05) is 20.4 Å². The number of aliphatic carboxylic acids is 1.